The van der Waals surface area contributed by atoms with Crippen molar-refractivity contribution in [2.75, 3.05) is 0 Å². The molecule has 0 bridgehead atoms. The summed E-state index contributed by atoms with van der Waals surface area (Å²) in [5, 5.41) is -0.843. The predicted octanol–water partition coefficient (Wildman–Crippen LogP) is 9.80. The molecule has 2 rings (SSSR count). The molecule has 0 N–H and O–H groups in total. The number of alkyl halides is 6. The molecule has 0 aliphatic heterocycles. The summed E-state index contributed by atoms with van der Waals surface area (Å²) < 4.78 is 111. The van der Waals surface area contributed by atoms with Crippen LogP contribution in [-0.2, 0) is 12.4 Å². The lowest BCUT2D eigenvalue weighted by atomic mass is 9.85. The maximum Gasteiger partial charge on any atom is 0.416 e. The van der Waals surface area contributed by atoms with Gasteiger partial charge in [0.05, 0.1) is 11.1 Å². The van der Waals surface area contributed by atoms with Crippen LogP contribution in [0.1, 0.15) is 104 Å². The molecule has 0 spiro atoms. The second-order valence-electron chi connectivity index (χ2n) is 9.22. The molecular weight excluding hydrogens is 484 g/mol. The minimum absolute atomic E-state index is 0.0113. The van der Waals surface area contributed by atoms with Crippen LogP contribution in [0.3, 0.4) is 0 Å². The molecule has 0 saturated heterocycles. The second-order valence-corrected chi connectivity index (χ2v) is 9.84. The monoisotopic (exact) mass is 512 g/mol. The molecule has 2 atom stereocenters. The zero-order valence-electron chi connectivity index (χ0n) is 19.5. The number of hydrogen-bond acceptors (Lipinski definition) is 1. The maximum absolute atomic E-state index is 14.5. The minimum atomic E-state index is -4.85. The van der Waals surface area contributed by atoms with Gasteiger partial charge in [0.25, 0.3) is 0 Å². The summed E-state index contributed by atoms with van der Waals surface area (Å²) in [4.78, 5) is 0. The van der Waals surface area contributed by atoms with Crippen LogP contribution in [-0.4, -0.2) is 0 Å². The highest BCUT2D eigenvalue weighted by Crippen LogP contribution is 2.44. The zero-order chi connectivity index (χ0) is 26.2. The smallest absolute Gasteiger partial charge is 0.207 e. The third-order valence-corrected chi connectivity index (χ3v) is 6.49. The Bertz CT molecular complexity index is 1010. The molecule has 0 amide bonds. The van der Waals surface area contributed by atoms with Crippen LogP contribution in [0, 0.1) is 11.6 Å². The molecule has 0 aliphatic rings. The van der Waals surface area contributed by atoms with Crippen molar-refractivity contribution in [2.24, 2.45) is 0 Å². The highest BCUT2D eigenvalue weighted by atomic mass is 32.1. The van der Waals surface area contributed by atoms with E-state index < -0.39 is 63.3 Å². The first-order chi connectivity index (χ1) is 15.4. The molecule has 0 nitrogen and oxygen atoms in total. The van der Waals surface area contributed by atoms with Gasteiger partial charge in [-0.25, -0.2) is 8.78 Å². The van der Waals surface area contributed by atoms with E-state index >= 15 is 0 Å². The van der Waals surface area contributed by atoms with Crippen LogP contribution >= 0.6 is 12.6 Å². The molecule has 2 unspecified atom stereocenters. The quantitative estimate of drug-likeness (QED) is 0.277. The lowest BCUT2D eigenvalue weighted by molar-refractivity contribution is -0.142. The standard InChI is InChI=1S/C25H28F8S/c1-12(2)15-8-20(25(31,32)33)17(9-19(15)24(28,29)30)14(5)6-7-23(34)18-11-21(26)16(13(3)4)10-22(18)27/h8-14,23,34H,6-7H2,1-5H3. The third-order valence-electron chi connectivity index (χ3n) is 5.96. The molecule has 2 aromatic rings. The van der Waals surface area contributed by atoms with Gasteiger partial charge in [0.1, 0.15) is 11.6 Å². The van der Waals surface area contributed by atoms with Crippen molar-refractivity contribution in [1.82, 2.24) is 0 Å². The number of hydrogen-bond donors (Lipinski definition) is 1. The third kappa shape index (κ3) is 6.46. The zero-order valence-corrected chi connectivity index (χ0v) is 20.4. The van der Waals surface area contributed by atoms with Crippen molar-refractivity contribution in [3.8, 4) is 0 Å². The van der Waals surface area contributed by atoms with E-state index in [0.29, 0.717) is 12.1 Å². The minimum Gasteiger partial charge on any atom is -0.207 e. The van der Waals surface area contributed by atoms with Crippen LogP contribution in [0.4, 0.5) is 35.1 Å². The maximum atomic E-state index is 14.5. The first-order valence-electron chi connectivity index (χ1n) is 10.9. The molecule has 34 heavy (non-hydrogen) atoms. The average molecular weight is 513 g/mol. The van der Waals surface area contributed by atoms with Crippen molar-refractivity contribution in [2.45, 2.75) is 82.8 Å². The summed E-state index contributed by atoms with van der Waals surface area (Å²) in [5.74, 6) is -3.25. The summed E-state index contributed by atoms with van der Waals surface area (Å²) in [7, 11) is 0. The Kier molecular flexibility index (Phi) is 8.76. The molecule has 9 heteroatoms. The SMILES string of the molecule is CC(C)c1cc(F)c(C(S)CCC(C)c2cc(C(F)(F)F)c(C(C)C)cc2C(F)(F)F)cc1F. The molecule has 0 heterocycles. The van der Waals surface area contributed by atoms with E-state index in [4.69, 9.17) is 0 Å². The fraction of sp³-hybridized carbons (Fsp3) is 0.520. The second kappa shape index (κ2) is 10.5. The summed E-state index contributed by atoms with van der Waals surface area (Å²) in [6.45, 7) is 7.60. The van der Waals surface area contributed by atoms with Crippen molar-refractivity contribution in [1.29, 1.82) is 0 Å². The van der Waals surface area contributed by atoms with Crippen molar-refractivity contribution in [3.63, 3.8) is 0 Å². The van der Waals surface area contributed by atoms with Gasteiger partial charge in [0.15, 0.2) is 0 Å². The van der Waals surface area contributed by atoms with Gasteiger partial charge < -0.3 is 0 Å². The predicted molar refractivity (Wildman–Crippen MR) is 120 cm³/mol. The summed E-state index contributed by atoms with van der Waals surface area (Å²) in [5.41, 5.74) is -2.98. The van der Waals surface area contributed by atoms with E-state index in [1.54, 1.807) is 13.8 Å². The lowest BCUT2D eigenvalue weighted by Crippen LogP contribution is -2.18. The van der Waals surface area contributed by atoms with Gasteiger partial charge in [-0.05, 0) is 71.6 Å². The van der Waals surface area contributed by atoms with Crippen molar-refractivity contribution in [3.05, 3.63) is 69.3 Å². The molecule has 0 radical (unpaired) electrons. The Morgan fingerprint density at radius 3 is 1.50 bits per heavy atom. The van der Waals surface area contributed by atoms with Gasteiger partial charge in [-0.1, -0.05) is 34.6 Å². The highest BCUT2D eigenvalue weighted by molar-refractivity contribution is 7.80. The summed E-state index contributed by atoms with van der Waals surface area (Å²) >= 11 is 4.29. The normalized spacial score (nSPS) is 14.7. The number of halogens is 8. The number of benzene rings is 2. The largest absolute Gasteiger partial charge is 0.416 e. The average Bonchev–Trinajstić information content (AvgIpc) is 2.70. The molecule has 190 valence electrons. The fourth-order valence-corrected chi connectivity index (χ4v) is 4.35. The molecular formula is C25H28F8S. The van der Waals surface area contributed by atoms with Gasteiger partial charge in [0, 0.05) is 10.8 Å². The van der Waals surface area contributed by atoms with Gasteiger partial charge in [0.2, 0.25) is 0 Å². The van der Waals surface area contributed by atoms with Gasteiger partial charge in [-0.3, -0.25) is 0 Å². The number of thiol groups is 1. The summed E-state index contributed by atoms with van der Waals surface area (Å²) in [6, 6.07) is 3.25. The van der Waals surface area contributed by atoms with E-state index in [1.165, 1.54) is 20.8 Å². The molecule has 0 saturated carbocycles. The van der Waals surface area contributed by atoms with Gasteiger partial charge in [-0.15, -0.1) is 0 Å². The lowest BCUT2D eigenvalue weighted by Gasteiger charge is -2.25. The van der Waals surface area contributed by atoms with Crippen LogP contribution < -0.4 is 0 Å². The topological polar surface area (TPSA) is 0 Å². The van der Waals surface area contributed by atoms with Crippen LogP contribution in [0.5, 0.6) is 0 Å². The Morgan fingerprint density at radius 1 is 0.618 bits per heavy atom. The Balaban J connectivity index is 2.40. The molecule has 0 fully saturated rings. The Morgan fingerprint density at radius 2 is 1.03 bits per heavy atom. The summed E-state index contributed by atoms with van der Waals surface area (Å²) in [6.07, 6.45) is -9.64. The van der Waals surface area contributed by atoms with Crippen molar-refractivity contribution < 1.29 is 35.1 Å². The first kappa shape index (κ1) is 28.5. The Labute approximate surface area is 200 Å². The molecule has 2 aromatic carbocycles. The molecule has 0 aliphatic carbocycles. The number of rotatable bonds is 7. The van der Waals surface area contributed by atoms with Gasteiger partial charge >= 0.3 is 12.4 Å². The van der Waals surface area contributed by atoms with Gasteiger partial charge in [-0.2, -0.15) is 39.0 Å². The fourth-order valence-electron chi connectivity index (χ4n) is 4.00. The van der Waals surface area contributed by atoms with E-state index in [-0.39, 0.29) is 29.9 Å². The van der Waals surface area contributed by atoms with Crippen LogP contribution in [0.25, 0.3) is 0 Å². The van der Waals surface area contributed by atoms with Crippen LogP contribution in [0.2, 0.25) is 0 Å². The van der Waals surface area contributed by atoms with Crippen LogP contribution in [0.15, 0.2) is 24.3 Å². The van der Waals surface area contributed by atoms with E-state index in [0.717, 1.165) is 12.1 Å². The van der Waals surface area contributed by atoms with E-state index in [9.17, 15) is 35.1 Å². The molecule has 0 aromatic heterocycles. The highest BCUT2D eigenvalue weighted by Gasteiger charge is 2.40. The van der Waals surface area contributed by atoms with Crippen molar-refractivity contribution >= 4 is 12.6 Å². The first-order valence-corrected chi connectivity index (χ1v) is 11.5. The van der Waals surface area contributed by atoms with E-state index in [2.05, 4.69) is 12.6 Å². The Hall–Kier alpha value is -1.77. The van der Waals surface area contributed by atoms with E-state index in [1.807, 2.05) is 0 Å².